The second-order valence-corrected chi connectivity index (χ2v) is 12.6. The number of nitrogens with zero attached hydrogens (tertiary/aromatic N) is 6. The number of fused-ring (bicyclic) bond motifs is 2. The predicted octanol–water partition coefficient (Wildman–Crippen LogP) is 5.19. The molecule has 0 bridgehead atoms. The van der Waals surface area contributed by atoms with Gasteiger partial charge in [0.05, 0.1) is 47.2 Å². The van der Waals surface area contributed by atoms with Crippen molar-refractivity contribution in [2.45, 2.75) is 49.8 Å². The van der Waals surface area contributed by atoms with Crippen LogP contribution in [0.1, 0.15) is 55.8 Å². The van der Waals surface area contributed by atoms with E-state index in [0.717, 1.165) is 12.3 Å². The zero-order valence-electron chi connectivity index (χ0n) is 29.0. The van der Waals surface area contributed by atoms with Gasteiger partial charge in [0.1, 0.15) is 0 Å². The van der Waals surface area contributed by atoms with Gasteiger partial charge in [-0.05, 0) is 53.9 Å². The molecule has 3 amide bonds. The quantitative estimate of drug-likeness (QED) is 0.156. The van der Waals surface area contributed by atoms with Gasteiger partial charge >= 0.3 is 18.7 Å². The van der Waals surface area contributed by atoms with Gasteiger partial charge in [-0.1, -0.05) is 6.07 Å². The second kappa shape index (κ2) is 15.4. The highest BCUT2D eigenvalue weighted by Gasteiger charge is 2.42. The Kier molecular flexibility index (Phi) is 10.9. The van der Waals surface area contributed by atoms with Crippen LogP contribution in [0.4, 0.5) is 39.5 Å². The molecule has 6 N–H and O–H groups in total. The molecular formula is C35H26F9N9O5. The van der Waals surface area contributed by atoms with Gasteiger partial charge in [-0.15, -0.1) is 13.2 Å². The average molecular weight is 824 g/mol. The van der Waals surface area contributed by atoms with E-state index in [1.165, 1.54) is 70.0 Å². The number of alkyl halides is 9. The van der Waals surface area contributed by atoms with E-state index >= 15 is 0 Å². The van der Waals surface area contributed by atoms with Crippen LogP contribution in [0.2, 0.25) is 0 Å². The molecule has 0 radical (unpaired) electrons. The summed E-state index contributed by atoms with van der Waals surface area (Å²) >= 11 is 0. The number of carbonyl (C=O) groups excluding carboxylic acids is 3. The molecule has 1 fully saturated rings. The molecule has 3 atom stereocenters. The van der Waals surface area contributed by atoms with Crippen molar-refractivity contribution in [3.8, 4) is 22.3 Å². The van der Waals surface area contributed by atoms with E-state index in [9.17, 15) is 59.0 Å². The zero-order chi connectivity index (χ0) is 42.3. The van der Waals surface area contributed by atoms with Gasteiger partial charge in [0, 0.05) is 42.3 Å². The van der Waals surface area contributed by atoms with Crippen LogP contribution in [0.3, 0.4) is 0 Å². The lowest BCUT2D eigenvalue weighted by molar-refractivity contribution is -0.342. The summed E-state index contributed by atoms with van der Waals surface area (Å²) in [4.78, 5) is 49.8. The maximum Gasteiger partial charge on any atom is 0.522 e. The van der Waals surface area contributed by atoms with Crippen molar-refractivity contribution < 1.29 is 63.7 Å². The molecule has 23 heteroatoms. The molecule has 0 aromatic carbocycles. The highest BCUT2D eigenvalue weighted by molar-refractivity contribution is 5.96. The maximum absolute atomic E-state index is 13.7. The van der Waals surface area contributed by atoms with Gasteiger partial charge in [0.25, 0.3) is 17.7 Å². The molecule has 6 aromatic rings. The van der Waals surface area contributed by atoms with Crippen LogP contribution in [0.5, 0.6) is 0 Å². The first-order valence-electron chi connectivity index (χ1n) is 16.5. The van der Waals surface area contributed by atoms with Crippen molar-refractivity contribution >= 4 is 28.8 Å². The van der Waals surface area contributed by atoms with Crippen molar-refractivity contribution in [2.75, 3.05) is 0 Å². The Morgan fingerprint density at radius 1 is 0.724 bits per heavy atom. The summed E-state index contributed by atoms with van der Waals surface area (Å²) in [5.74, 6) is -2.64. The first-order valence-corrected chi connectivity index (χ1v) is 16.5. The van der Waals surface area contributed by atoms with Crippen molar-refractivity contribution in [3.05, 3.63) is 108 Å². The fraction of sp³-hybridized carbons (Fsp3) is 0.229. The van der Waals surface area contributed by atoms with Crippen LogP contribution in [-0.4, -0.2) is 76.2 Å². The Balaban J connectivity index is 0.000000220. The fourth-order valence-corrected chi connectivity index (χ4v) is 6.26. The van der Waals surface area contributed by atoms with Gasteiger partial charge in [-0.2, -0.15) is 26.3 Å². The first-order chi connectivity index (χ1) is 27.1. The van der Waals surface area contributed by atoms with Crippen LogP contribution in [0, 0.1) is 0 Å². The standard InChI is InChI=1S/C21H17F6N5O4.C14H9F3N4O/c22-20(23,24)16-13(9-1-2-32-11(3-9)8-30-18(32)17(28)34)4-10(7-29-16)19(35)31-14-5-12(6-15(14)33)36-21(25,26)27;15-14(16,17)11-10(2-1-4-19-11)8-3-5-21-9(6-8)7-20-13(21)12(18)22/h1-4,7-8,12,14-15,33H,5-6H2,(H2,28,34)(H,31,35);1-7H,(H2,18,22)/t12-,14-,15-;/m0./s1. The Bertz CT molecular complexity index is 2530. The molecule has 0 saturated heterocycles. The summed E-state index contributed by atoms with van der Waals surface area (Å²) in [5.41, 5.74) is 8.32. The molecule has 304 valence electrons. The number of nitrogens with two attached hydrogens (primary N) is 2. The normalized spacial score (nSPS) is 17.2. The Hall–Kier alpha value is -6.62. The van der Waals surface area contributed by atoms with Crippen molar-refractivity contribution in [1.82, 2.24) is 34.1 Å². The molecule has 14 nitrogen and oxygen atoms in total. The van der Waals surface area contributed by atoms with E-state index in [1.54, 1.807) is 0 Å². The molecule has 0 aliphatic heterocycles. The fourth-order valence-electron chi connectivity index (χ4n) is 6.26. The number of imidazole rings is 2. The van der Waals surface area contributed by atoms with E-state index in [1.807, 2.05) is 0 Å². The number of hydrogen-bond acceptors (Lipinski definition) is 9. The SMILES string of the molecule is NC(=O)c1ncc2cc(-c3cc(C(=O)N[C@H]4C[C@H](OC(F)(F)F)C[C@@H]4O)cnc3C(F)(F)F)ccn12.NC(=O)c1ncc2cc(-c3cccnc3C(F)(F)F)ccn12. The molecule has 58 heavy (non-hydrogen) atoms. The number of nitrogens with one attached hydrogen (secondary N) is 1. The average Bonchev–Trinajstić information content (AvgIpc) is 3.86. The third kappa shape index (κ3) is 8.83. The topological polar surface area (TPSA) is 205 Å². The van der Waals surface area contributed by atoms with E-state index in [0.29, 0.717) is 17.3 Å². The number of carbonyl (C=O) groups is 3. The summed E-state index contributed by atoms with van der Waals surface area (Å²) < 4.78 is 124. The van der Waals surface area contributed by atoms with Gasteiger partial charge in [-0.3, -0.25) is 37.9 Å². The van der Waals surface area contributed by atoms with Crippen molar-refractivity contribution in [3.63, 3.8) is 0 Å². The van der Waals surface area contributed by atoms with Crippen LogP contribution in [0.15, 0.2) is 79.6 Å². The Morgan fingerprint density at radius 3 is 1.78 bits per heavy atom. The summed E-state index contributed by atoms with van der Waals surface area (Å²) in [6, 6.07) is 8.05. The monoisotopic (exact) mass is 823 g/mol. The number of halogens is 9. The highest BCUT2D eigenvalue weighted by Crippen LogP contribution is 2.38. The summed E-state index contributed by atoms with van der Waals surface area (Å²) in [7, 11) is 0. The minimum absolute atomic E-state index is 0.00700. The van der Waals surface area contributed by atoms with Crippen LogP contribution >= 0.6 is 0 Å². The number of pyridine rings is 4. The summed E-state index contributed by atoms with van der Waals surface area (Å²) in [6.45, 7) is 0. The molecule has 1 aliphatic rings. The molecule has 1 aliphatic carbocycles. The minimum atomic E-state index is -4.93. The number of aromatic nitrogens is 6. The third-order valence-corrected chi connectivity index (χ3v) is 8.72. The summed E-state index contributed by atoms with van der Waals surface area (Å²) in [6.07, 6.45) is -10.8. The van der Waals surface area contributed by atoms with Gasteiger partial charge in [0.15, 0.2) is 11.4 Å². The van der Waals surface area contributed by atoms with Crippen molar-refractivity contribution in [1.29, 1.82) is 0 Å². The lowest BCUT2D eigenvalue weighted by atomic mass is 10.0. The molecular weight excluding hydrogens is 797 g/mol. The summed E-state index contributed by atoms with van der Waals surface area (Å²) in [5, 5.41) is 12.3. The van der Waals surface area contributed by atoms with Crippen LogP contribution in [0.25, 0.3) is 33.3 Å². The molecule has 6 aromatic heterocycles. The number of aliphatic hydroxyl groups is 1. The third-order valence-electron chi connectivity index (χ3n) is 8.72. The molecule has 7 rings (SSSR count). The van der Waals surface area contributed by atoms with E-state index in [4.69, 9.17) is 11.5 Å². The number of aliphatic hydroxyl groups excluding tert-OH is 1. The lowest BCUT2D eigenvalue weighted by Gasteiger charge is -2.18. The first kappa shape index (κ1) is 41.0. The van der Waals surface area contributed by atoms with Gasteiger partial charge < -0.3 is 21.9 Å². The molecule has 1 saturated carbocycles. The number of rotatable bonds is 7. The largest absolute Gasteiger partial charge is 0.522 e. The predicted molar refractivity (Wildman–Crippen MR) is 181 cm³/mol. The molecule has 0 unspecified atom stereocenters. The van der Waals surface area contributed by atoms with Crippen LogP contribution < -0.4 is 16.8 Å². The smallest absolute Gasteiger partial charge is 0.391 e. The maximum atomic E-state index is 13.7. The highest BCUT2D eigenvalue weighted by atomic mass is 19.4. The lowest BCUT2D eigenvalue weighted by Crippen LogP contribution is -2.40. The molecule has 0 spiro atoms. The number of ether oxygens (including phenoxy) is 1. The number of primary amides is 2. The zero-order valence-corrected chi connectivity index (χ0v) is 29.0. The van der Waals surface area contributed by atoms with Crippen molar-refractivity contribution in [2.24, 2.45) is 11.5 Å². The Labute approximate surface area is 318 Å². The Morgan fingerprint density at radius 2 is 1.26 bits per heavy atom. The second-order valence-electron chi connectivity index (χ2n) is 12.6. The number of amides is 3. The van der Waals surface area contributed by atoms with Crippen LogP contribution in [-0.2, 0) is 17.1 Å². The minimum Gasteiger partial charge on any atom is -0.391 e. The van der Waals surface area contributed by atoms with E-state index in [2.05, 4.69) is 30.0 Å². The van der Waals surface area contributed by atoms with E-state index < -0.39 is 71.6 Å². The van der Waals surface area contributed by atoms with Gasteiger partial charge in [0.2, 0.25) is 11.6 Å². The molecule has 6 heterocycles. The van der Waals surface area contributed by atoms with E-state index in [-0.39, 0.29) is 46.7 Å². The number of hydrogen-bond donors (Lipinski definition) is 4. The van der Waals surface area contributed by atoms with Gasteiger partial charge in [-0.25, -0.2) is 9.97 Å².